The molecule has 5 heteroatoms. The second-order valence-corrected chi connectivity index (χ2v) is 7.22. The van der Waals surface area contributed by atoms with Crippen LogP contribution in [0.3, 0.4) is 0 Å². The fourth-order valence-electron chi connectivity index (χ4n) is 2.79. The number of hydrogen-bond donors (Lipinski definition) is 0. The molecule has 0 N–H and O–H groups in total. The molecule has 0 unspecified atom stereocenters. The second-order valence-electron chi connectivity index (χ2n) is 6.16. The topological polar surface area (TPSA) is 56.3 Å². The van der Waals surface area contributed by atoms with Crippen LogP contribution in [0.4, 0.5) is 0 Å². The van der Waals surface area contributed by atoms with Gasteiger partial charge in [-0.15, -0.1) is 11.3 Å². The molecule has 0 atom stereocenters. The molecule has 0 bridgehead atoms. The Bertz CT molecular complexity index is 833. The molecule has 0 aliphatic rings. The number of ketones is 1. The third kappa shape index (κ3) is 4.23. The summed E-state index contributed by atoms with van der Waals surface area (Å²) in [5.74, 6) is -0.720. The van der Waals surface area contributed by atoms with Crippen LogP contribution in [0.25, 0.3) is 6.08 Å². The van der Waals surface area contributed by atoms with E-state index in [0.29, 0.717) is 11.3 Å². The van der Waals surface area contributed by atoms with Gasteiger partial charge in [-0.25, -0.2) is 9.78 Å². The fourth-order valence-corrected chi connectivity index (χ4v) is 3.37. The summed E-state index contributed by atoms with van der Waals surface area (Å²) in [5.41, 5.74) is 6.69. The van der Waals surface area contributed by atoms with E-state index in [1.807, 2.05) is 40.0 Å². The average molecular weight is 357 g/mol. The molecule has 0 saturated carbocycles. The summed E-state index contributed by atoms with van der Waals surface area (Å²) in [7, 11) is 0. The van der Waals surface area contributed by atoms with Crippen LogP contribution in [0, 0.1) is 41.5 Å². The average Bonchev–Trinajstić information content (AvgIpc) is 3.00. The highest BCUT2D eigenvalue weighted by atomic mass is 32.1. The largest absolute Gasteiger partial charge is 0.454 e. The first-order valence-corrected chi connectivity index (χ1v) is 8.97. The Balaban J connectivity index is 2.08. The van der Waals surface area contributed by atoms with Crippen molar-refractivity contribution in [3.05, 3.63) is 55.5 Å². The summed E-state index contributed by atoms with van der Waals surface area (Å²) in [6.45, 7) is 11.6. The van der Waals surface area contributed by atoms with Gasteiger partial charge in [-0.2, -0.15) is 0 Å². The number of thiazole rings is 1. The standard InChI is InChI=1S/C20H23NO3S/c1-11-12(2)14(4)20(15(5)13(11)3)18(22)9-24-19(23)8-7-17-10-25-16(6)21-17/h7-8,10H,9H2,1-6H3/b8-7+. The van der Waals surface area contributed by atoms with Gasteiger partial charge in [-0.1, -0.05) is 0 Å². The van der Waals surface area contributed by atoms with E-state index in [0.717, 1.165) is 27.3 Å². The second kappa shape index (κ2) is 7.74. The predicted octanol–water partition coefficient (Wildman–Crippen LogP) is 4.43. The Morgan fingerprint density at radius 1 is 1.00 bits per heavy atom. The van der Waals surface area contributed by atoms with Crippen molar-refractivity contribution in [2.45, 2.75) is 41.5 Å². The number of benzene rings is 1. The van der Waals surface area contributed by atoms with E-state index in [1.165, 1.54) is 23.0 Å². The molecule has 0 fully saturated rings. The van der Waals surface area contributed by atoms with Gasteiger partial charge in [0.1, 0.15) is 0 Å². The minimum absolute atomic E-state index is 0.174. The van der Waals surface area contributed by atoms with Crippen LogP contribution >= 0.6 is 11.3 Å². The first kappa shape index (κ1) is 19.1. The van der Waals surface area contributed by atoms with Gasteiger partial charge in [0.05, 0.1) is 10.7 Å². The highest BCUT2D eigenvalue weighted by Crippen LogP contribution is 2.26. The normalized spacial score (nSPS) is 11.1. The zero-order valence-electron chi connectivity index (χ0n) is 15.5. The molecule has 0 radical (unpaired) electrons. The lowest BCUT2D eigenvalue weighted by atomic mass is 9.88. The maximum Gasteiger partial charge on any atom is 0.331 e. The van der Waals surface area contributed by atoms with Crippen molar-refractivity contribution >= 4 is 29.2 Å². The zero-order chi connectivity index (χ0) is 18.7. The van der Waals surface area contributed by atoms with Crippen LogP contribution in [0.1, 0.15) is 48.9 Å². The summed E-state index contributed by atoms with van der Waals surface area (Å²) >= 11 is 1.51. The van der Waals surface area contributed by atoms with E-state index in [-0.39, 0.29) is 12.4 Å². The molecule has 0 aliphatic heterocycles. The van der Waals surface area contributed by atoms with E-state index < -0.39 is 5.97 Å². The molecule has 25 heavy (non-hydrogen) atoms. The summed E-state index contributed by atoms with van der Waals surface area (Å²) in [4.78, 5) is 28.6. The number of esters is 1. The number of Topliss-reactive ketones (excluding diaryl/α,β-unsaturated/α-hetero) is 1. The van der Waals surface area contributed by atoms with Crippen molar-refractivity contribution in [3.8, 4) is 0 Å². The number of rotatable bonds is 5. The van der Waals surface area contributed by atoms with Gasteiger partial charge in [0.25, 0.3) is 0 Å². The van der Waals surface area contributed by atoms with Crippen molar-refractivity contribution in [2.75, 3.05) is 6.61 Å². The molecule has 2 rings (SSSR count). The third-order valence-corrected chi connectivity index (χ3v) is 5.44. The maximum absolute atomic E-state index is 12.6. The predicted molar refractivity (Wildman–Crippen MR) is 101 cm³/mol. The van der Waals surface area contributed by atoms with Crippen LogP contribution in [-0.2, 0) is 9.53 Å². The number of nitrogens with zero attached hydrogens (tertiary/aromatic N) is 1. The zero-order valence-corrected chi connectivity index (χ0v) is 16.3. The quantitative estimate of drug-likeness (QED) is 0.451. The highest BCUT2D eigenvalue weighted by Gasteiger charge is 2.19. The van der Waals surface area contributed by atoms with E-state index in [2.05, 4.69) is 11.9 Å². The van der Waals surface area contributed by atoms with Crippen molar-refractivity contribution < 1.29 is 14.3 Å². The first-order chi connectivity index (χ1) is 11.7. The van der Waals surface area contributed by atoms with E-state index in [4.69, 9.17) is 4.74 Å². The monoisotopic (exact) mass is 357 g/mol. The molecule has 2 aromatic rings. The minimum atomic E-state index is -0.546. The van der Waals surface area contributed by atoms with Gasteiger partial charge in [-0.05, 0) is 75.4 Å². The highest BCUT2D eigenvalue weighted by molar-refractivity contribution is 7.09. The molecular formula is C20H23NO3S. The SMILES string of the molecule is Cc1nc(/C=C/C(=O)OCC(=O)c2c(C)c(C)c(C)c(C)c2C)cs1. The Kier molecular flexibility index (Phi) is 5.90. The molecule has 0 saturated heterocycles. The molecule has 132 valence electrons. The van der Waals surface area contributed by atoms with Gasteiger partial charge in [0.15, 0.2) is 6.61 Å². The Morgan fingerprint density at radius 2 is 1.56 bits per heavy atom. The van der Waals surface area contributed by atoms with Gasteiger partial charge < -0.3 is 4.74 Å². The number of carbonyl (C=O) groups excluding carboxylic acids is 2. The lowest BCUT2D eigenvalue weighted by molar-refractivity contribution is -0.136. The number of aromatic nitrogens is 1. The molecule has 0 spiro atoms. The van der Waals surface area contributed by atoms with Crippen molar-refractivity contribution in [1.82, 2.24) is 4.98 Å². The number of hydrogen-bond acceptors (Lipinski definition) is 5. The van der Waals surface area contributed by atoms with Gasteiger partial charge in [0.2, 0.25) is 5.78 Å². The molecule has 4 nitrogen and oxygen atoms in total. The Labute approximate surface area is 152 Å². The van der Waals surface area contributed by atoms with Crippen LogP contribution in [-0.4, -0.2) is 23.3 Å². The lowest BCUT2D eigenvalue weighted by Gasteiger charge is -2.17. The smallest absolute Gasteiger partial charge is 0.331 e. The molecule has 1 heterocycles. The van der Waals surface area contributed by atoms with Crippen molar-refractivity contribution in [2.24, 2.45) is 0 Å². The van der Waals surface area contributed by atoms with Crippen LogP contribution in [0.2, 0.25) is 0 Å². The van der Waals surface area contributed by atoms with Crippen LogP contribution < -0.4 is 0 Å². The summed E-state index contributed by atoms with van der Waals surface area (Å²) in [6, 6.07) is 0. The molecular weight excluding hydrogens is 334 g/mol. The Hall–Kier alpha value is -2.27. The van der Waals surface area contributed by atoms with E-state index in [1.54, 1.807) is 6.08 Å². The first-order valence-electron chi connectivity index (χ1n) is 8.09. The third-order valence-electron chi connectivity index (χ3n) is 4.65. The van der Waals surface area contributed by atoms with E-state index in [9.17, 15) is 9.59 Å². The fraction of sp³-hybridized carbons (Fsp3) is 0.350. The summed E-state index contributed by atoms with van der Waals surface area (Å²) in [6.07, 6.45) is 2.89. The van der Waals surface area contributed by atoms with Crippen LogP contribution in [0.15, 0.2) is 11.5 Å². The number of carbonyl (C=O) groups is 2. The molecule has 1 aromatic heterocycles. The van der Waals surface area contributed by atoms with Gasteiger partial charge in [-0.3, -0.25) is 4.79 Å². The van der Waals surface area contributed by atoms with Gasteiger partial charge >= 0.3 is 5.97 Å². The number of aryl methyl sites for hydroxylation is 1. The van der Waals surface area contributed by atoms with Crippen molar-refractivity contribution in [3.63, 3.8) is 0 Å². The van der Waals surface area contributed by atoms with Crippen molar-refractivity contribution in [1.29, 1.82) is 0 Å². The number of ether oxygens (including phenoxy) is 1. The van der Waals surface area contributed by atoms with E-state index >= 15 is 0 Å². The van der Waals surface area contributed by atoms with Gasteiger partial charge in [0, 0.05) is 17.0 Å². The van der Waals surface area contributed by atoms with Crippen LogP contribution in [0.5, 0.6) is 0 Å². The molecule has 1 aromatic carbocycles. The molecule has 0 aliphatic carbocycles. The summed E-state index contributed by atoms with van der Waals surface area (Å²) in [5, 5.41) is 2.79. The minimum Gasteiger partial charge on any atom is -0.454 e. The molecule has 0 amide bonds. The lowest BCUT2D eigenvalue weighted by Crippen LogP contribution is -2.16. The Morgan fingerprint density at radius 3 is 2.08 bits per heavy atom. The summed E-state index contributed by atoms with van der Waals surface area (Å²) < 4.78 is 5.11. The maximum atomic E-state index is 12.6.